The van der Waals surface area contributed by atoms with Gasteiger partial charge in [-0.2, -0.15) is 0 Å². The largest absolute Gasteiger partial charge is 0.367 e. The van der Waals surface area contributed by atoms with Gasteiger partial charge in [0, 0.05) is 20.4 Å². The van der Waals surface area contributed by atoms with Gasteiger partial charge in [0.15, 0.2) is 0 Å². The number of imide groups is 1. The normalized spacial score (nSPS) is 30.5. The number of hydrogen-bond donors (Lipinski definition) is 1. The number of aryl methyl sites for hydroxylation is 1. The van der Waals surface area contributed by atoms with Crippen LogP contribution in [0.15, 0.2) is 18.2 Å². The van der Waals surface area contributed by atoms with Crippen molar-refractivity contribution in [2.45, 2.75) is 29.4 Å². The number of likely N-dealkylation sites (tertiary alicyclic amines) is 1. The van der Waals surface area contributed by atoms with E-state index in [0.29, 0.717) is 17.9 Å². The van der Waals surface area contributed by atoms with Gasteiger partial charge >= 0.3 is 0 Å². The Kier molecular flexibility index (Phi) is 5.04. The van der Waals surface area contributed by atoms with Crippen LogP contribution in [-0.2, 0) is 9.59 Å². The van der Waals surface area contributed by atoms with Crippen LogP contribution >= 0.6 is 43.5 Å². The van der Waals surface area contributed by atoms with Crippen molar-refractivity contribution in [1.29, 1.82) is 0 Å². The molecule has 1 saturated heterocycles. The molecule has 1 N–H and O–H groups in total. The van der Waals surface area contributed by atoms with Crippen LogP contribution in [0.25, 0.3) is 0 Å². The second-order valence-corrected chi connectivity index (χ2v) is 8.88. The first-order chi connectivity index (χ1) is 10.9. The van der Waals surface area contributed by atoms with E-state index < -0.39 is 0 Å². The molecule has 124 valence electrons. The summed E-state index contributed by atoms with van der Waals surface area (Å²) in [6.45, 7) is 2.11. The highest BCUT2D eigenvalue weighted by atomic mass is 79.9. The SMILES string of the molecule is Cc1ccc(NCN2C(=O)[C@H]3C[C@@H](Br)[C@H](Br)C[C@@H]3C2=O)cc1Cl. The van der Waals surface area contributed by atoms with Gasteiger partial charge in [-0.25, -0.2) is 0 Å². The predicted octanol–water partition coefficient (Wildman–Crippen LogP) is 3.94. The van der Waals surface area contributed by atoms with Crippen LogP contribution in [0.3, 0.4) is 0 Å². The van der Waals surface area contributed by atoms with Crippen LogP contribution in [0, 0.1) is 18.8 Å². The van der Waals surface area contributed by atoms with E-state index in [1.807, 2.05) is 19.1 Å². The molecule has 0 aromatic heterocycles. The molecule has 2 fully saturated rings. The number of benzene rings is 1. The van der Waals surface area contributed by atoms with Crippen molar-refractivity contribution in [3.05, 3.63) is 28.8 Å². The highest BCUT2D eigenvalue weighted by molar-refractivity contribution is 9.12. The molecule has 0 bridgehead atoms. The van der Waals surface area contributed by atoms with E-state index in [1.54, 1.807) is 6.07 Å². The summed E-state index contributed by atoms with van der Waals surface area (Å²) in [5.74, 6) is -0.558. The maximum Gasteiger partial charge on any atom is 0.234 e. The molecule has 1 heterocycles. The Balaban J connectivity index is 1.70. The molecule has 1 aliphatic carbocycles. The number of nitrogens with one attached hydrogen (secondary N) is 1. The summed E-state index contributed by atoms with van der Waals surface area (Å²) >= 11 is 13.3. The van der Waals surface area contributed by atoms with E-state index in [1.165, 1.54) is 4.90 Å². The number of alkyl halides is 2. The molecule has 7 heteroatoms. The van der Waals surface area contributed by atoms with E-state index >= 15 is 0 Å². The van der Waals surface area contributed by atoms with Crippen molar-refractivity contribution in [2.75, 3.05) is 12.0 Å². The van der Waals surface area contributed by atoms with Gasteiger partial charge in [0.2, 0.25) is 11.8 Å². The summed E-state index contributed by atoms with van der Waals surface area (Å²) in [5, 5.41) is 3.78. The van der Waals surface area contributed by atoms with Crippen LogP contribution in [0.5, 0.6) is 0 Å². The summed E-state index contributed by atoms with van der Waals surface area (Å²) in [6.07, 6.45) is 1.38. The van der Waals surface area contributed by atoms with E-state index in [4.69, 9.17) is 11.6 Å². The van der Waals surface area contributed by atoms with Gasteiger partial charge in [0.25, 0.3) is 0 Å². The maximum atomic E-state index is 12.5. The first kappa shape index (κ1) is 17.2. The van der Waals surface area contributed by atoms with Crippen molar-refractivity contribution in [1.82, 2.24) is 4.90 Å². The lowest BCUT2D eigenvalue weighted by atomic mass is 9.81. The summed E-state index contributed by atoms with van der Waals surface area (Å²) in [6, 6.07) is 5.60. The highest BCUT2D eigenvalue weighted by Crippen LogP contribution is 2.43. The Bertz CT molecular complexity index is 627. The lowest BCUT2D eigenvalue weighted by molar-refractivity contribution is -0.139. The van der Waals surface area contributed by atoms with Crippen molar-refractivity contribution in [2.24, 2.45) is 11.8 Å². The third-order valence-electron chi connectivity index (χ3n) is 4.62. The summed E-state index contributed by atoms with van der Waals surface area (Å²) < 4.78 is 0. The minimum absolute atomic E-state index is 0.0745. The second kappa shape index (κ2) is 6.73. The minimum Gasteiger partial charge on any atom is -0.367 e. The molecule has 4 atom stereocenters. The third kappa shape index (κ3) is 3.30. The molecule has 3 rings (SSSR count). The van der Waals surface area contributed by atoms with E-state index in [9.17, 15) is 9.59 Å². The van der Waals surface area contributed by atoms with E-state index in [2.05, 4.69) is 37.2 Å². The smallest absolute Gasteiger partial charge is 0.234 e. The number of anilines is 1. The zero-order chi connectivity index (χ0) is 16.7. The number of halogens is 3. The minimum atomic E-state index is -0.205. The molecule has 2 amide bonds. The monoisotopic (exact) mass is 462 g/mol. The van der Waals surface area contributed by atoms with Crippen molar-refractivity contribution < 1.29 is 9.59 Å². The second-order valence-electron chi connectivity index (χ2n) is 6.12. The molecule has 2 aliphatic rings. The first-order valence-electron chi connectivity index (χ1n) is 7.52. The van der Waals surface area contributed by atoms with Gasteiger partial charge in [-0.05, 0) is 37.5 Å². The summed E-state index contributed by atoms with van der Waals surface area (Å²) in [5.41, 5.74) is 1.79. The maximum absolute atomic E-state index is 12.5. The molecule has 1 aromatic rings. The molecular formula is C16H17Br2ClN2O2. The molecule has 1 aliphatic heterocycles. The molecule has 23 heavy (non-hydrogen) atoms. The van der Waals surface area contributed by atoms with Crippen molar-refractivity contribution >= 4 is 61.0 Å². The van der Waals surface area contributed by atoms with E-state index in [-0.39, 0.29) is 40.0 Å². The summed E-state index contributed by atoms with van der Waals surface area (Å²) in [4.78, 5) is 26.9. The predicted molar refractivity (Wildman–Crippen MR) is 98.2 cm³/mol. The quantitative estimate of drug-likeness (QED) is 0.545. The number of hydrogen-bond acceptors (Lipinski definition) is 3. The number of carbonyl (C=O) groups excluding carboxylic acids is 2. The molecule has 1 aromatic carbocycles. The fraction of sp³-hybridized carbons (Fsp3) is 0.500. The summed E-state index contributed by atoms with van der Waals surface area (Å²) in [7, 11) is 0. The third-order valence-corrected chi connectivity index (χ3v) is 7.76. The Labute approximate surface area is 157 Å². The average molecular weight is 465 g/mol. The zero-order valence-corrected chi connectivity index (χ0v) is 16.5. The zero-order valence-electron chi connectivity index (χ0n) is 12.6. The van der Waals surface area contributed by atoms with Gasteiger partial charge in [-0.1, -0.05) is 49.5 Å². The Morgan fingerprint density at radius 1 is 1.17 bits per heavy atom. The van der Waals surface area contributed by atoms with E-state index in [0.717, 1.165) is 11.3 Å². The number of carbonyl (C=O) groups is 2. The van der Waals surface area contributed by atoms with Crippen LogP contribution in [0.1, 0.15) is 18.4 Å². The number of nitrogens with zero attached hydrogens (tertiary/aromatic N) is 1. The fourth-order valence-electron chi connectivity index (χ4n) is 3.19. The highest BCUT2D eigenvalue weighted by Gasteiger charge is 2.51. The molecule has 1 saturated carbocycles. The van der Waals surface area contributed by atoms with Crippen molar-refractivity contribution in [3.8, 4) is 0 Å². The number of rotatable bonds is 3. The number of amides is 2. The van der Waals surface area contributed by atoms with Crippen LogP contribution in [-0.4, -0.2) is 33.0 Å². The van der Waals surface area contributed by atoms with Gasteiger partial charge in [0.1, 0.15) is 0 Å². The first-order valence-corrected chi connectivity index (χ1v) is 9.73. The Hall–Kier alpha value is -0.590. The molecule has 4 nitrogen and oxygen atoms in total. The molecular weight excluding hydrogens is 447 g/mol. The lowest BCUT2D eigenvalue weighted by Crippen LogP contribution is -2.35. The number of fused-ring (bicyclic) bond motifs is 1. The average Bonchev–Trinajstić information content (AvgIpc) is 2.73. The lowest BCUT2D eigenvalue weighted by Gasteiger charge is -2.29. The Morgan fingerprint density at radius 3 is 2.26 bits per heavy atom. The van der Waals surface area contributed by atoms with Crippen LogP contribution < -0.4 is 5.32 Å². The molecule has 0 spiro atoms. The van der Waals surface area contributed by atoms with Gasteiger partial charge in [0.05, 0.1) is 18.5 Å². The topological polar surface area (TPSA) is 49.4 Å². The van der Waals surface area contributed by atoms with Crippen LogP contribution in [0.2, 0.25) is 5.02 Å². The fourth-order valence-corrected chi connectivity index (χ4v) is 4.61. The Morgan fingerprint density at radius 2 is 1.74 bits per heavy atom. The van der Waals surface area contributed by atoms with Crippen LogP contribution in [0.4, 0.5) is 5.69 Å². The van der Waals surface area contributed by atoms with Gasteiger partial charge < -0.3 is 5.32 Å². The van der Waals surface area contributed by atoms with Gasteiger partial charge in [-0.15, -0.1) is 0 Å². The molecule has 0 unspecified atom stereocenters. The molecule has 0 radical (unpaired) electrons. The standard InChI is InChI=1S/C16H17Br2ClN2O2/c1-8-2-3-9(4-14(8)19)20-7-21-15(22)10-5-12(17)13(18)6-11(10)16(21)23/h2-4,10-13,20H,5-7H2,1H3/t10-,11-,12+,13+/m0/s1. The van der Waals surface area contributed by atoms with Gasteiger partial charge in [-0.3, -0.25) is 14.5 Å². The van der Waals surface area contributed by atoms with Crippen molar-refractivity contribution in [3.63, 3.8) is 0 Å².